The Morgan fingerprint density at radius 1 is 1.24 bits per heavy atom. The number of ether oxygens (including phenoxy) is 1. The Morgan fingerprint density at radius 2 is 1.94 bits per heavy atom. The van der Waals surface area contributed by atoms with Crippen LogP contribution in [0.4, 0.5) is 0 Å². The lowest BCUT2D eigenvalue weighted by Gasteiger charge is -2.29. The minimum atomic E-state index is 0.321. The van der Waals surface area contributed by atoms with E-state index < -0.39 is 0 Å². The Morgan fingerprint density at radius 3 is 2.59 bits per heavy atom. The van der Waals surface area contributed by atoms with E-state index in [-0.39, 0.29) is 0 Å². The maximum atomic E-state index is 6.11. The Balaban J connectivity index is 1.84. The van der Waals surface area contributed by atoms with Gasteiger partial charge in [0.15, 0.2) is 0 Å². The van der Waals surface area contributed by atoms with E-state index in [1.165, 1.54) is 24.8 Å². The molecular weight excluding hydrogens is 212 g/mol. The highest BCUT2D eigenvalue weighted by molar-refractivity contribution is 5.27. The highest BCUT2D eigenvalue weighted by Gasteiger charge is 2.20. The minimum Gasteiger partial charge on any atom is -0.497 e. The van der Waals surface area contributed by atoms with E-state index in [2.05, 4.69) is 17.4 Å². The van der Waals surface area contributed by atoms with Crippen molar-refractivity contribution in [2.75, 3.05) is 7.11 Å². The normalized spacial score (nSPS) is 24.6. The molecule has 3 nitrogen and oxygen atoms in total. The largest absolute Gasteiger partial charge is 0.497 e. The van der Waals surface area contributed by atoms with Crippen LogP contribution in [-0.2, 0) is 6.54 Å². The van der Waals surface area contributed by atoms with Crippen LogP contribution in [0.15, 0.2) is 24.3 Å². The van der Waals surface area contributed by atoms with Gasteiger partial charge in [0, 0.05) is 18.6 Å². The zero-order chi connectivity index (χ0) is 12.1. The lowest BCUT2D eigenvalue weighted by atomic mass is 9.91. The van der Waals surface area contributed by atoms with Crippen LogP contribution >= 0.6 is 0 Å². The van der Waals surface area contributed by atoms with Crippen molar-refractivity contribution in [1.29, 1.82) is 0 Å². The second kappa shape index (κ2) is 6.03. The zero-order valence-corrected chi connectivity index (χ0v) is 10.5. The first-order valence-electron chi connectivity index (χ1n) is 6.41. The van der Waals surface area contributed by atoms with Gasteiger partial charge in [-0.25, -0.2) is 0 Å². The first kappa shape index (κ1) is 12.4. The van der Waals surface area contributed by atoms with Gasteiger partial charge < -0.3 is 15.8 Å². The maximum absolute atomic E-state index is 6.11. The van der Waals surface area contributed by atoms with Crippen LogP contribution < -0.4 is 15.8 Å². The van der Waals surface area contributed by atoms with Crippen molar-refractivity contribution >= 4 is 0 Å². The van der Waals surface area contributed by atoms with Crippen LogP contribution in [0.2, 0.25) is 0 Å². The average Bonchev–Trinajstić information content (AvgIpc) is 2.38. The predicted molar refractivity (Wildman–Crippen MR) is 70.1 cm³/mol. The molecule has 3 heteroatoms. The fraction of sp³-hybridized carbons (Fsp3) is 0.571. The topological polar surface area (TPSA) is 47.3 Å². The molecule has 2 atom stereocenters. The van der Waals surface area contributed by atoms with Gasteiger partial charge >= 0.3 is 0 Å². The van der Waals surface area contributed by atoms with Gasteiger partial charge in [0.2, 0.25) is 0 Å². The van der Waals surface area contributed by atoms with Gasteiger partial charge in [-0.15, -0.1) is 0 Å². The smallest absolute Gasteiger partial charge is 0.118 e. The van der Waals surface area contributed by atoms with Crippen molar-refractivity contribution in [1.82, 2.24) is 5.32 Å². The lowest BCUT2D eigenvalue weighted by molar-refractivity contribution is 0.326. The summed E-state index contributed by atoms with van der Waals surface area (Å²) in [5, 5.41) is 3.56. The first-order chi connectivity index (χ1) is 8.29. The molecule has 1 aliphatic carbocycles. The number of benzene rings is 1. The number of methoxy groups -OCH3 is 1. The molecular formula is C14H22N2O. The number of nitrogens with one attached hydrogen (secondary N) is 1. The summed E-state index contributed by atoms with van der Waals surface area (Å²) in [7, 11) is 1.69. The number of nitrogens with two attached hydrogens (primary N) is 1. The molecule has 1 saturated carbocycles. The molecule has 0 radical (unpaired) electrons. The van der Waals surface area contributed by atoms with E-state index in [0.29, 0.717) is 12.1 Å². The summed E-state index contributed by atoms with van der Waals surface area (Å²) in [5.41, 5.74) is 7.39. The van der Waals surface area contributed by atoms with Crippen molar-refractivity contribution in [3.63, 3.8) is 0 Å². The van der Waals surface area contributed by atoms with Crippen LogP contribution in [0, 0.1) is 0 Å². The summed E-state index contributed by atoms with van der Waals surface area (Å²) in [6.45, 7) is 0.891. The van der Waals surface area contributed by atoms with Gasteiger partial charge in [-0.3, -0.25) is 0 Å². The Labute approximate surface area is 103 Å². The molecule has 0 aromatic heterocycles. The predicted octanol–water partition coefficient (Wildman–Crippen LogP) is 2.05. The van der Waals surface area contributed by atoms with Crippen LogP contribution in [0.25, 0.3) is 0 Å². The van der Waals surface area contributed by atoms with Crippen LogP contribution in [0.1, 0.15) is 31.2 Å². The van der Waals surface area contributed by atoms with Crippen molar-refractivity contribution in [3.05, 3.63) is 29.8 Å². The molecule has 3 N–H and O–H groups in total. The summed E-state index contributed by atoms with van der Waals surface area (Å²) in [4.78, 5) is 0. The Bertz CT molecular complexity index is 337. The van der Waals surface area contributed by atoms with E-state index >= 15 is 0 Å². The van der Waals surface area contributed by atoms with E-state index in [0.717, 1.165) is 18.7 Å². The molecule has 17 heavy (non-hydrogen) atoms. The van der Waals surface area contributed by atoms with Crippen molar-refractivity contribution < 1.29 is 4.74 Å². The van der Waals surface area contributed by atoms with Crippen molar-refractivity contribution in [2.24, 2.45) is 5.73 Å². The van der Waals surface area contributed by atoms with Crippen LogP contribution in [0.3, 0.4) is 0 Å². The third-order valence-corrected chi connectivity index (χ3v) is 3.55. The molecule has 1 aliphatic rings. The van der Waals surface area contributed by atoms with Gasteiger partial charge in [-0.2, -0.15) is 0 Å². The molecule has 0 unspecified atom stereocenters. The molecule has 2 rings (SSSR count). The fourth-order valence-corrected chi connectivity index (χ4v) is 2.41. The highest BCUT2D eigenvalue weighted by atomic mass is 16.5. The molecule has 0 bridgehead atoms. The van der Waals surface area contributed by atoms with Gasteiger partial charge in [-0.05, 0) is 30.5 Å². The average molecular weight is 234 g/mol. The molecule has 1 aromatic carbocycles. The standard InChI is InChI=1S/C14H22N2O/c1-17-12-8-6-11(7-9-12)10-16-14-5-3-2-4-13(14)15/h6-9,13-14,16H,2-5,10,15H2,1H3/t13-,14-/m0/s1. The molecule has 0 saturated heterocycles. The Hall–Kier alpha value is -1.06. The molecule has 0 amide bonds. The SMILES string of the molecule is COc1ccc(CN[C@H]2CCCC[C@@H]2N)cc1. The second-order valence-corrected chi connectivity index (χ2v) is 4.78. The van der Waals surface area contributed by atoms with Gasteiger partial charge in [-0.1, -0.05) is 25.0 Å². The molecule has 1 aromatic rings. The van der Waals surface area contributed by atoms with Gasteiger partial charge in [0.1, 0.15) is 5.75 Å². The summed E-state index contributed by atoms with van der Waals surface area (Å²) < 4.78 is 5.14. The van der Waals surface area contributed by atoms with Crippen LogP contribution in [0.5, 0.6) is 5.75 Å². The van der Waals surface area contributed by atoms with Crippen LogP contribution in [-0.4, -0.2) is 19.2 Å². The Kier molecular flexibility index (Phi) is 4.40. The molecule has 94 valence electrons. The summed E-state index contributed by atoms with van der Waals surface area (Å²) in [6.07, 6.45) is 4.94. The summed E-state index contributed by atoms with van der Waals surface area (Å²) in [5.74, 6) is 0.906. The number of hydrogen-bond acceptors (Lipinski definition) is 3. The second-order valence-electron chi connectivity index (χ2n) is 4.78. The van der Waals surface area contributed by atoms with E-state index in [4.69, 9.17) is 10.5 Å². The quantitative estimate of drug-likeness (QED) is 0.838. The van der Waals surface area contributed by atoms with E-state index in [9.17, 15) is 0 Å². The lowest BCUT2D eigenvalue weighted by Crippen LogP contribution is -2.46. The first-order valence-corrected chi connectivity index (χ1v) is 6.41. The molecule has 1 fully saturated rings. The summed E-state index contributed by atoms with van der Waals surface area (Å²) >= 11 is 0. The highest BCUT2D eigenvalue weighted by Crippen LogP contribution is 2.17. The zero-order valence-electron chi connectivity index (χ0n) is 10.5. The van der Waals surface area contributed by atoms with E-state index in [1.54, 1.807) is 7.11 Å². The summed E-state index contributed by atoms with van der Waals surface area (Å²) in [6, 6.07) is 8.99. The maximum Gasteiger partial charge on any atom is 0.118 e. The number of hydrogen-bond donors (Lipinski definition) is 2. The monoisotopic (exact) mass is 234 g/mol. The molecule has 0 heterocycles. The van der Waals surface area contributed by atoms with Crippen molar-refractivity contribution in [3.8, 4) is 5.75 Å². The van der Waals surface area contributed by atoms with E-state index in [1.807, 2.05) is 12.1 Å². The van der Waals surface area contributed by atoms with Crippen molar-refractivity contribution in [2.45, 2.75) is 44.3 Å². The third-order valence-electron chi connectivity index (χ3n) is 3.55. The van der Waals surface area contributed by atoms with Gasteiger partial charge in [0.25, 0.3) is 0 Å². The third kappa shape index (κ3) is 3.45. The molecule has 0 aliphatic heterocycles. The minimum absolute atomic E-state index is 0.321. The van der Waals surface area contributed by atoms with Gasteiger partial charge in [0.05, 0.1) is 7.11 Å². The fourth-order valence-electron chi connectivity index (χ4n) is 2.41. The molecule has 0 spiro atoms. The number of rotatable bonds is 4.